The number of nitrogens with zero attached hydrogens (tertiary/aromatic N) is 1. The van der Waals surface area contributed by atoms with E-state index >= 15 is 0 Å². The zero-order valence-corrected chi connectivity index (χ0v) is 16.6. The van der Waals surface area contributed by atoms with E-state index in [2.05, 4.69) is 10.6 Å². The number of carbonyl (C=O) groups is 2. The van der Waals surface area contributed by atoms with Crippen molar-refractivity contribution in [3.63, 3.8) is 0 Å². The van der Waals surface area contributed by atoms with Crippen LogP contribution in [0.1, 0.15) is 59.4 Å². The molecule has 2 N–H and O–H groups in total. The third-order valence-electron chi connectivity index (χ3n) is 4.93. The van der Waals surface area contributed by atoms with Crippen molar-refractivity contribution in [2.75, 3.05) is 18.5 Å². The highest BCUT2D eigenvalue weighted by molar-refractivity contribution is 6.07. The lowest BCUT2D eigenvalue weighted by Gasteiger charge is -2.21. The fourth-order valence-electron chi connectivity index (χ4n) is 3.37. The van der Waals surface area contributed by atoms with Gasteiger partial charge in [0.2, 0.25) is 0 Å². The van der Waals surface area contributed by atoms with E-state index in [0.29, 0.717) is 31.2 Å². The summed E-state index contributed by atoms with van der Waals surface area (Å²) in [6.45, 7) is 1.05. The third-order valence-corrected chi connectivity index (χ3v) is 4.93. The van der Waals surface area contributed by atoms with E-state index < -0.39 is 16.7 Å². The van der Waals surface area contributed by atoms with E-state index in [4.69, 9.17) is 9.15 Å². The Morgan fingerprint density at radius 2 is 1.87 bits per heavy atom. The summed E-state index contributed by atoms with van der Waals surface area (Å²) in [6.07, 6.45) is 6.97. The van der Waals surface area contributed by atoms with E-state index in [0.717, 1.165) is 18.9 Å². The highest BCUT2D eigenvalue weighted by atomic mass is 16.6. The summed E-state index contributed by atoms with van der Waals surface area (Å²) in [5.74, 6) is -1.74. The number of rotatable bonds is 9. The number of para-hydroxylation sites is 1. The molecular weight excluding hydrogens is 390 g/mol. The van der Waals surface area contributed by atoms with Gasteiger partial charge in [0.1, 0.15) is 4.92 Å². The Morgan fingerprint density at radius 3 is 2.60 bits per heavy atom. The molecule has 3 rings (SSSR count). The summed E-state index contributed by atoms with van der Waals surface area (Å²) in [7, 11) is 0. The van der Waals surface area contributed by atoms with E-state index in [1.54, 1.807) is 24.3 Å². The third kappa shape index (κ3) is 5.90. The molecule has 1 aromatic heterocycles. The Labute approximate surface area is 173 Å². The first-order chi connectivity index (χ1) is 14.5. The number of benzene rings is 1. The van der Waals surface area contributed by atoms with Gasteiger partial charge >= 0.3 is 5.88 Å². The maximum atomic E-state index is 12.5. The fourth-order valence-corrected chi connectivity index (χ4v) is 3.37. The first-order valence-corrected chi connectivity index (χ1v) is 10.1. The van der Waals surface area contributed by atoms with Crippen molar-refractivity contribution in [3.05, 3.63) is 57.8 Å². The van der Waals surface area contributed by atoms with Gasteiger partial charge in [0, 0.05) is 13.2 Å². The minimum absolute atomic E-state index is 0.211. The zero-order valence-electron chi connectivity index (χ0n) is 16.6. The van der Waals surface area contributed by atoms with Crippen molar-refractivity contribution in [1.82, 2.24) is 5.32 Å². The molecule has 1 heterocycles. The molecule has 0 unspecified atom stereocenters. The fraction of sp³-hybridized carbons (Fsp3) is 0.429. The van der Waals surface area contributed by atoms with Crippen molar-refractivity contribution < 1.29 is 23.7 Å². The van der Waals surface area contributed by atoms with Crippen LogP contribution in [0.15, 0.2) is 40.8 Å². The summed E-state index contributed by atoms with van der Waals surface area (Å²) in [5.41, 5.74) is 0.581. The van der Waals surface area contributed by atoms with Crippen LogP contribution >= 0.6 is 0 Å². The molecule has 9 nitrogen and oxygen atoms in total. The Balaban J connectivity index is 1.50. The Hall–Kier alpha value is -3.20. The molecule has 0 atom stereocenters. The lowest BCUT2D eigenvalue weighted by atomic mass is 9.98. The lowest BCUT2D eigenvalue weighted by molar-refractivity contribution is -0.402. The largest absolute Gasteiger partial charge is 0.433 e. The van der Waals surface area contributed by atoms with Crippen LogP contribution in [0.25, 0.3) is 0 Å². The summed E-state index contributed by atoms with van der Waals surface area (Å²) in [6, 6.07) is 8.85. The van der Waals surface area contributed by atoms with E-state index in [9.17, 15) is 19.7 Å². The van der Waals surface area contributed by atoms with Crippen LogP contribution < -0.4 is 10.6 Å². The van der Waals surface area contributed by atoms with Gasteiger partial charge in [-0.1, -0.05) is 31.4 Å². The summed E-state index contributed by atoms with van der Waals surface area (Å²) in [5, 5.41) is 16.1. The molecule has 0 aliphatic heterocycles. The molecule has 1 saturated carbocycles. The first-order valence-electron chi connectivity index (χ1n) is 10.1. The molecule has 0 saturated heterocycles. The molecule has 0 radical (unpaired) electrons. The predicted octanol–water partition coefficient (Wildman–Crippen LogP) is 3.91. The number of hydrogen-bond acceptors (Lipinski definition) is 6. The zero-order chi connectivity index (χ0) is 21.3. The predicted molar refractivity (Wildman–Crippen MR) is 110 cm³/mol. The van der Waals surface area contributed by atoms with Crippen molar-refractivity contribution in [2.24, 2.45) is 0 Å². The van der Waals surface area contributed by atoms with Crippen molar-refractivity contribution in [3.8, 4) is 0 Å². The number of hydrogen-bond donors (Lipinski definition) is 2. The molecule has 1 aliphatic carbocycles. The Kier molecular flexibility index (Phi) is 7.56. The molecule has 0 spiro atoms. The molecule has 2 amide bonds. The van der Waals surface area contributed by atoms with E-state index in [1.165, 1.54) is 25.3 Å². The Morgan fingerprint density at radius 1 is 1.10 bits per heavy atom. The lowest BCUT2D eigenvalue weighted by Crippen LogP contribution is -2.27. The summed E-state index contributed by atoms with van der Waals surface area (Å²) >= 11 is 0. The minimum atomic E-state index is -0.726. The van der Waals surface area contributed by atoms with Gasteiger partial charge in [-0.2, -0.15) is 0 Å². The molecule has 0 bridgehead atoms. The average molecular weight is 415 g/mol. The van der Waals surface area contributed by atoms with Crippen LogP contribution in [-0.2, 0) is 4.74 Å². The smallest absolute Gasteiger partial charge is 0.395 e. The molecule has 1 aliphatic rings. The average Bonchev–Trinajstić information content (AvgIpc) is 3.25. The van der Waals surface area contributed by atoms with Crippen LogP contribution in [0.3, 0.4) is 0 Å². The highest BCUT2D eigenvalue weighted by Gasteiger charge is 2.19. The minimum Gasteiger partial charge on any atom is -0.395 e. The van der Waals surface area contributed by atoms with Crippen molar-refractivity contribution in [1.29, 1.82) is 0 Å². The van der Waals surface area contributed by atoms with Crippen LogP contribution in [-0.4, -0.2) is 36.0 Å². The number of ether oxygens (including phenoxy) is 1. The monoisotopic (exact) mass is 415 g/mol. The second-order valence-corrected chi connectivity index (χ2v) is 7.13. The number of amides is 2. The van der Waals surface area contributed by atoms with Gasteiger partial charge in [-0.25, -0.2) is 0 Å². The molecular formula is C21H25N3O6. The maximum Gasteiger partial charge on any atom is 0.433 e. The van der Waals surface area contributed by atoms with Crippen LogP contribution in [0.5, 0.6) is 0 Å². The number of furan rings is 1. The standard InChI is InChI=1S/C21H25N3O6/c25-20(22-13-6-14-29-15-7-2-1-3-8-15)16-9-4-5-10-17(16)23-21(26)18-11-12-19(30-18)24(27)28/h4-5,9-12,15H,1-3,6-8,13-14H2,(H,22,25)(H,23,26). The van der Waals surface area contributed by atoms with Crippen LogP contribution in [0.2, 0.25) is 0 Å². The summed E-state index contributed by atoms with van der Waals surface area (Å²) in [4.78, 5) is 34.8. The van der Waals surface area contributed by atoms with Gasteiger partial charge in [0.05, 0.1) is 23.4 Å². The Bertz CT molecular complexity index is 888. The molecule has 160 valence electrons. The first kappa shape index (κ1) is 21.5. The second kappa shape index (κ2) is 10.5. The second-order valence-electron chi connectivity index (χ2n) is 7.13. The SMILES string of the molecule is O=C(Nc1ccccc1C(=O)NCCCOC1CCCCC1)c1ccc([N+](=O)[O-])o1. The molecule has 30 heavy (non-hydrogen) atoms. The number of carbonyl (C=O) groups excluding carboxylic acids is 2. The molecule has 1 fully saturated rings. The van der Waals surface area contributed by atoms with Gasteiger partial charge in [0.15, 0.2) is 5.76 Å². The van der Waals surface area contributed by atoms with Crippen molar-refractivity contribution in [2.45, 2.75) is 44.6 Å². The molecule has 2 aromatic rings. The normalized spacial score (nSPS) is 14.3. The quantitative estimate of drug-likeness (QED) is 0.364. The van der Waals surface area contributed by atoms with E-state index in [-0.39, 0.29) is 17.4 Å². The van der Waals surface area contributed by atoms with Crippen molar-refractivity contribution >= 4 is 23.4 Å². The highest BCUT2D eigenvalue weighted by Crippen LogP contribution is 2.21. The van der Waals surface area contributed by atoms with Gasteiger partial charge < -0.3 is 19.8 Å². The number of nitrogens with one attached hydrogen (secondary N) is 2. The summed E-state index contributed by atoms with van der Waals surface area (Å²) < 4.78 is 10.7. The van der Waals surface area contributed by atoms with E-state index in [1.807, 2.05) is 0 Å². The number of nitro groups is 1. The maximum absolute atomic E-state index is 12.5. The van der Waals surface area contributed by atoms with Gasteiger partial charge in [0.25, 0.3) is 11.8 Å². The topological polar surface area (TPSA) is 124 Å². The van der Waals surface area contributed by atoms with Crippen LogP contribution in [0.4, 0.5) is 11.6 Å². The molecule has 9 heteroatoms. The number of anilines is 1. The molecule has 1 aromatic carbocycles. The van der Waals surface area contributed by atoms with Crippen LogP contribution in [0, 0.1) is 10.1 Å². The van der Waals surface area contributed by atoms with Gasteiger partial charge in [-0.15, -0.1) is 0 Å². The van der Waals surface area contributed by atoms with Gasteiger partial charge in [-0.05, 0) is 37.5 Å². The van der Waals surface area contributed by atoms with Gasteiger partial charge in [-0.3, -0.25) is 19.7 Å².